The maximum atomic E-state index is 10.6. The van der Waals surface area contributed by atoms with E-state index in [1.807, 2.05) is 0 Å². The van der Waals surface area contributed by atoms with Crippen molar-refractivity contribution in [1.82, 2.24) is 15.5 Å². The normalized spacial score (nSPS) is 27.4. The van der Waals surface area contributed by atoms with Gasteiger partial charge in [-0.05, 0) is 12.8 Å². The molecule has 4 heteroatoms. The molecular formula is C6H11N3O. The third-order valence-electron chi connectivity index (χ3n) is 1.95. The number of rotatable bonds is 1. The number of hydrogen-bond acceptors (Lipinski definition) is 2. The Balaban J connectivity index is 1.84. The van der Waals surface area contributed by atoms with Gasteiger partial charge >= 0.3 is 6.03 Å². The van der Waals surface area contributed by atoms with Crippen molar-refractivity contribution in [1.29, 1.82) is 0 Å². The molecule has 1 aliphatic heterocycles. The van der Waals surface area contributed by atoms with Crippen molar-refractivity contribution in [3.8, 4) is 0 Å². The van der Waals surface area contributed by atoms with Crippen LogP contribution >= 0.6 is 0 Å². The molecule has 1 saturated carbocycles. The zero-order valence-corrected chi connectivity index (χ0v) is 5.76. The second-order valence-corrected chi connectivity index (χ2v) is 2.82. The number of nitrogens with one attached hydrogen (secondary N) is 2. The van der Waals surface area contributed by atoms with Gasteiger partial charge in [0.1, 0.15) is 0 Å². The number of urea groups is 1. The first kappa shape index (κ1) is 5.97. The van der Waals surface area contributed by atoms with Crippen LogP contribution in [0.25, 0.3) is 0 Å². The van der Waals surface area contributed by atoms with E-state index in [2.05, 4.69) is 15.5 Å². The van der Waals surface area contributed by atoms with E-state index in [1.54, 1.807) is 0 Å². The molecule has 2 rings (SSSR count). The molecule has 0 aromatic rings. The van der Waals surface area contributed by atoms with E-state index in [1.165, 1.54) is 12.8 Å². The fourth-order valence-corrected chi connectivity index (χ4v) is 1.16. The summed E-state index contributed by atoms with van der Waals surface area (Å²) in [6.07, 6.45) is 2.58. The lowest BCUT2D eigenvalue weighted by atomic mass is 10.5. The van der Waals surface area contributed by atoms with Crippen LogP contribution in [0.5, 0.6) is 0 Å². The van der Waals surface area contributed by atoms with Crippen LogP contribution in [0.4, 0.5) is 4.79 Å². The van der Waals surface area contributed by atoms with Gasteiger partial charge in [0.15, 0.2) is 0 Å². The standard InChI is InChI=1S/C6H11N3O/c10-6-7-3-9(4-8-6)5-1-2-5/h5H,1-4H2,(H2,7,8,10). The van der Waals surface area contributed by atoms with Crippen LogP contribution < -0.4 is 10.6 Å². The summed E-state index contributed by atoms with van der Waals surface area (Å²) in [5, 5.41) is 5.46. The van der Waals surface area contributed by atoms with Gasteiger partial charge in [-0.1, -0.05) is 0 Å². The molecule has 1 saturated heterocycles. The van der Waals surface area contributed by atoms with Gasteiger partial charge in [0.2, 0.25) is 0 Å². The smallest absolute Gasteiger partial charge is 0.316 e. The number of amides is 2. The second kappa shape index (κ2) is 2.12. The molecule has 2 fully saturated rings. The maximum Gasteiger partial charge on any atom is 0.316 e. The monoisotopic (exact) mass is 141 g/mol. The molecule has 0 spiro atoms. The van der Waals surface area contributed by atoms with Crippen molar-refractivity contribution in [2.75, 3.05) is 13.3 Å². The molecule has 56 valence electrons. The lowest BCUT2D eigenvalue weighted by Crippen LogP contribution is -2.54. The molecular weight excluding hydrogens is 130 g/mol. The van der Waals surface area contributed by atoms with Gasteiger partial charge in [0.25, 0.3) is 0 Å². The van der Waals surface area contributed by atoms with E-state index in [9.17, 15) is 4.79 Å². The van der Waals surface area contributed by atoms with Gasteiger partial charge in [-0.15, -0.1) is 0 Å². The van der Waals surface area contributed by atoms with Crippen molar-refractivity contribution < 1.29 is 4.79 Å². The molecule has 0 atom stereocenters. The van der Waals surface area contributed by atoms with Crippen LogP contribution in [0.2, 0.25) is 0 Å². The fraction of sp³-hybridized carbons (Fsp3) is 0.833. The van der Waals surface area contributed by atoms with Crippen LogP contribution in [0.3, 0.4) is 0 Å². The van der Waals surface area contributed by atoms with Gasteiger partial charge < -0.3 is 10.6 Å². The summed E-state index contributed by atoms with van der Waals surface area (Å²) in [5.74, 6) is 0. The molecule has 2 N–H and O–H groups in total. The van der Waals surface area contributed by atoms with Crippen LogP contribution in [-0.2, 0) is 0 Å². The predicted molar refractivity (Wildman–Crippen MR) is 36.3 cm³/mol. The fourth-order valence-electron chi connectivity index (χ4n) is 1.16. The SMILES string of the molecule is O=C1NCN(C2CC2)CN1. The summed E-state index contributed by atoms with van der Waals surface area (Å²) in [5.41, 5.74) is 0. The Morgan fingerprint density at radius 3 is 2.40 bits per heavy atom. The molecule has 0 radical (unpaired) electrons. The van der Waals surface area contributed by atoms with Crippen LogP contribution in [0.15, 0.2) is 0 Å². The van der Waals surface area contributed by atoms with Crippen LogP contribution in [0, 0.1) is 0 Å². The Morgan fingerprint density at radius 1 is 1.30 bits per heavy atom. The Hall–Kier alpha value is -0.770. The highest BCUT2D eigenvalue weighted by molar-refractivity contribution is 5.74. The summed E-state index contributed by atoms with van der Waals surface area (Å²) in [6, 6.07) is 0.685. The van der Waals surface area contributed by atoms with E-state index >= 15 is 0 Å². The Kier molecular flexibility index (Phi) is 1.27. The van der Waals surface area contributed by atoms with E-state index in [0.29, 0.717) is 0 Å². The lowest BCUT2D eigenvalue weighted by Gasteiger charge is -2.27. The third-order valence-corrected chi connectivity index (χ3v) is 1.95. The second-order valence-electron chi connectivity index (χ2n) is 2.82. The summed E-state index contributed by atoms with van der Waals surface area (Å²) in [4.78, 5) is 12.8. The summed E-state index contributed by atoms with van der Waals surface area (Å²) >= 11 is 0. The van der Waals surface area contributed by atoms with Crippen molar-refractivity contribution >= 4 is 6.03 Å². The molecule has 4 nitrogen and oxygen atoms in total. The first-order valence-electron chi connectivity index (χ1n) is 3.62. The summed E-state index contributed by atoms with van der Waals surface area (Å²) < 4.78 is 0. The Bertz CT molecular complexity index is 145. The molecule has 0 aromatic carbocycles. The first-order chi connectivity index (χ1) is 4.86. The van der Waals surface area contributed by atoms with E-state index in [0.717, 1.165) is 19.4 Å². The largest absolute Gasteiger partial charge is 0.325 e. The molecule has 1 aliphatic carbocycles. The highest BCUT2D eigenvalue weighted by atomic mass is 16.2. The maximum absolute atomic E-state index is 10.6. The lowest BCUT2D eigenvalue weighted by molar-refractivity contribution is 0.177. The molecule has 1 heterocycles. The summed E-state index contributed by atoms with van der Waals surface area (Å²) in [7, 11) is 0. The first-order valence-corrected chi connectivity index (χ1v) is 3.62. The van der Waals surface area contributed by atoms with Gasteiger partial charge in [-0.2, -0.15) is 0 Å². The zero-order chi connectivity index (χ0) is 6.97. The van der Waals surface area contributed by atoms with E-state index < -0.39 is 0 Å². The van der Waals surface area contributed by atoms with Gasteiger partial charge in [0, 0.05) is 6.04 Å². The molecule has 0 bridgehead atoms. The molecule has 2 aliphatic rings. The summed E-state index contributed by atoms with van der Waals surface area (Å²) in [6.45, 7) is 1.44. The molecule has 10 heavy (non-hydrogen) atoms. The number of hydrogen-bond donors (Lipinski definition) is 2. The average molecular weight is 141 g/mol. The number of nitrogens with zero attached hydrogens (tertiary/aromatic N) is 1. The predicted octanol–water partition coefficient (Wildman–Crippen LogP) is -0.321. The molecule has 0 unspecified atom stereocenters. The topological polar surface area (TPSA) is 44.4 Å². The van der Waals surface area contributed by atoms with Crippen LogP contribution in [0.1, 0.15) is 12.8 Å². The number of carbonyl (C=O) groups excluding carboxylic acids is 1. The van der Waals surface area contributed by atoms with Gasteiger partial charge in [-0.3, -0.25) is 4.90 Å². The van der Waals surface area contributed by atoms with Crippen molar-refractivity contribution in [3.63, 3.8) is 0 Å². The minimum absolute atomic E-state index is 0.0445. The van der Waals surface area contributed by atoms with E-state index in [-0.39, 0.29) is 6.03 Å². The van der Waals surface area contributed by atoms with Gasteiger partial charge in [0.05, 0.1) is 13.3 Å². The quantitative estimate of drug-likeness (QED) is 0.525. The number of carbonyl (C=O) groups is 1. The van der Waals surface area contributed by atoms with E-state index in [4.69, 9.17) is 0 Å². The minimum atomic E-state index is -0.0445. The highest BCUT2D eigenvalue weighted by Crippen LogP contribution is 2.25. The van der Waals surface area contributed by atoms with Crippen LogP contribution in [-0.4, -0.2) is 30.3 Å². The third kappa shape index (κ3) is 1.07. The van der Waals surface area contributed by atoms with Gasteiger partial charge in [-0.25, -0.2) is 4.79 Å². The Morgan fingerprint density at radius 2 is 1.90 bits per heavy atom. The highest BCUT2D eigenvalue weighted by Gasteiger charge is 2.30. The minimum Gasteiger partial charge on any atom is -0.325 e. The zero-order valence-electron chi connectivity index (χ0n) is 5.76. The van der Waals surface area contributed by atoms with Crippen molar-refractivity contribution in [2.24, 2.45) is 0 Å². The van der Waals surface area contributed by atoms with Crippen molar-refractivity contribution in [3.05, 3.63) is 0 Å². The Labute approximate surface area is 59.6 Å². The molecule has 2 amide bonds. The average Bonchev–Trinajstić information content (AvgIpc) is 2.71. The van der Waals surface area contributed by atoms with Crippen molar-refractivity contribution in [2.45, 2.75) is 18.9 Å². The molecule has 0 aromatic heterocycles.